The van der Waals surface area contributed by atoms with Crippen molar-refractivity contribution in [2.24, 2.45) is 0 Å². The number of carboxylic acid groups (broad SMARTS) is 1. The van der Waals surface area contributed by atoms with Crippen LogP contribution in [-0.4, -0.2) is 21.0 Å². The zero-order valence-corrected chi connectivity index (χ0v) is 9.26. The zero-order valence-electron chi connectivity index (χ0n) is 8.50. The van der Waals surface area contributed by atoms with Gasteiger partial charge in [0.2, 0.25) is 0 Å². The number of hydrogen-bond acceptors (Lipinski definition) is 4. The molecule has 0 bridgehead atoms. The van der Waals surface area contributed by atoms with Crippen LogP contribution in [0.25, 0.3) is 0 Å². The molecule has 1 aromatic heterocycles. The minimum atomic E-state index is -1.14. The second-order valence-corrected chi connectivity index (χ2v) is 3.53. The summed E-state index contributed by atoms with van der Waals surface area (Å²) in [4.78, 5) is 18.2. The van der Waals surface area contributed by atoms with Gasteiger partial charge in [0.25, 0.3) is 0 Å². The van der Waals surface area contributed by atoms with Crippen molar-refractivity contribution in [2.45, 2.75) is 0 Å². The van der Waals surface area contributed by atoms with Crippen LogP contribution in [0.4, 0.5) is 0 Å². The molecular weight excluding hydrogens is 244 g/mol. The summed E-state index contributed by atoms with van der Waals surface area (Å²) in [6, 6.07) is 7.91. The Morgan fingerprint density at radius 2 is 2.18 bits per heavy atom. The first-order chi connectivity index (χ1) is 8.15. The van der Waals surface area contributed by atoms with Gasteiger partial charge in [-0.3, -0.25) is 0 Å². The fraction of sp³-hybridized carbons (Fsp3) is 0. The second kappa shape index (κ2) is 4.80. The molecule has 0 fully saturated rings. The molecule has 17 heavy (non-hydrogen) atoms. The monoisotopic (exact) mass is 250 g/mol. The Kier molecular flexibility index (Phi) is 3.20. The van der Waals surface area contributed by atoms with Crippen LogP contribution in [0.15, 0.2) is 36.5 Å². The van der Waals surface area contributed by atoms with Crippen molar-refractivity contribution in [3.05, 3.63) is 47.2 Å². The molecule has 1 N–H and O–H groups in total. The first kappa shape index (κ1) is 11.3. The van der Waals surface area contributed by atoms with Crippen LogP contribution in [0.5, 0.6) is 11.8 Å². The van der Waals surface area contributed by atoms with E-state index in [4.69, 9.17) is 21.4 Å². The van der Waals surface area contributed by atoms with Crippen molar-refractivity contribution in [3.63, 3.8) is 0 Å². The number of nitrogens with zero attached hydrogens (tertiary/aromatic N) is 2. The highest BCUT2D eigenvalue weighted by molar-refractivity contribution is 6.30. The standard InChI is InChI=1S/C11H7ClN2O3/c12-7-2-1-3-8(6-7)17-11-13-5-4-9(14-11)10(15)16/h1-6H,(H,15,16). The lowest BCUT2D eigenvalue weighted by molar-refractivity contribution is 0.0689. The third-order valence-corrected chi connectivity index (χ3v) is 2.09. The van der Waals surface area contributed by atoms with Gasteiger partial charge in [-0.1, -0.05) is 17.7 Å². The average molecular weight is 251 g/mol. The highest BCUT2D eigenvalue weighted by Crippen LogP contribution is 2.21. The number of aromatic nitrogens is 2. The summed E-state index contributed by atoms with van der Waals surface area (Å²) in [5.41, 5.74) is -0.128. The number of rotatable bonds is 3. The number of benzene rings is 1. The molecule has 0 aliphatic rings. The second-order valence-electron chi connectivity index (χ2n) is 3.09. The Hall–Kier alpha value is -2.14. The van der Waals surface area contributed by atoms with E-state index < -0.39 is 5.97 Å². The molecule has 6 heteroatoms. The third kappa shape index (κ3) is 2.92. The summed E-state index contributed by atoms with van der Waals surface area (Å²) in [5.74, 6) is -0.691. The summed E-state index contributed by atoms with van der Waals surface area (Å²) in [6.45, 7) is 0. The van der Waals surface area contributed by atoms with E-state index in [1.807, 2.05) is 0 Å². The number of aromatic carboxylic acids is 1. The van der Waals surface area contributed by atoms with Crippen molar-refractivity contribution in [1.82, 2.24) is 9.97 Å². The van der Waals surface area contributed by atoms with E-state index in [0.717, 1.165) is 0 Å². The topological polar surface area (TPSA) is 72.3 Å². The molecule has 0 saturated heterocycles. The van der Waals surface area contributed by atoms with Gasteiger partial charge in [-0.15, -0.1) is 0 Å². The largest absolute Gasteiger partial charge is 0.477 e. The summed E-state index contributed by atoms with van der Waals surface area (Å²) in [6.07, 6.45) is 1.32. The number of hydrogen-bond donors (Lipinski definition) is 1. The normalized spacial score (nSPS) is 9.94. The predicted octanol–water partition coefficient (Wildman–Crippen LogP) is 2.62. The fourth-order valence-electron chi connectivity index (χ4n) is 1.14. The molecule has 0 spiro atoms. The first-order valence-electron chi connectivity index (χ1n) is 4.65. The van der Waals surface area contributed by atoms with E-state index in [1.165, 1.54) is 12.3 Å². The van der Waals surface area contributed by atoms with Crippen LogP contribution in [-0.2, 0) is 0 Å². The molecule has 1 aromatic carbocycles. The van der Waals surface area contributed by atoms with E-state index in [0.29, 0.717) is 10.8 Å². The molecule has 0 radical (unpaired) electrons. The molecule has 1 heterocycles. The molecule has 0 amide bonds. The minimum absolute atomic E-state index is 0.0350. The Morgan fingerprint density at radius 3 is 2.88 bits per heavy atom. The maximum Gasteiger partial charge on any atom is 0.354 e. The van der Waals surface area contributed by atoms with Crippen molar-refractivity contribution >= 4 is 17.6 Å². The lowest BCUT2D eigenvalue weighted by Crippen LogP contribution is -2.02. The van der Waals surface area contributed by atoms with E-state index in [9.17, 15) is 4.79 Å². The Balaban J connectivity index is 2.24. The molecule has 0 aliphatic carbocycles. The highest BCUT2D eigenvalue weighted by Gasteiger charge is 2.07. The maximum atomic E-state index is 10.7. The number of carbonyl (C=O) groups is 1. The Labute approximate surface area is 102 Å². The first-order valence-corrected chi connectivity index (χ1v) is 5.03. The highest BCUT2D eigenvalue weighted by atomic mass is 35.5. The molecule has 0 unspecified atom stereocenters. The molecule has 86 valence electrons. The smallest absolute Gasteiger partial charge is 0.354 e. The van der Waals surface area contributed by atoms with Crippen LogP contribution in [0.1, 0.15) is 10.5 Å². The van der Waals surface area contributed by atoms with Gasteiger partial charge in [-0.25, -0.2) is 9.78 Å². The summed E-state index contributed by atoms with van der Waals surface area (Å²) in [7, 11) is 0. The number of ether oxygens (including phenoxy) is 1. The van der Waals surface area contributed by atoms with Gasteiger partial charge in [0, 0.05) is 11.2 Å². The van der Waals surface area contributed by atoms with Gasteiger partial charge in [0.05, 0.1) is 0 Å². The lowest BCUT2D eigenvalue weighted by atomic mass is 10.3. The molecule has 2 aromatic rings. The summed E-state index contributed by atoms with van der Waals surface area (Å²) in [5, 5.41) is 9.26. The van der Waals surface area contributed by atoms with Crippen LogP contribution >= 0.6 is 11.6 Å². The minimum Gasteiger partial charge on any atom is -0.477 e. The van der Waals surface area contributed by atoms with Crippen LogP contribution in [0, 0.1) is 0 Å². The van der Waals surface area contributed by atoms with Crippen molar-refractivity contribution in [2.75, 3.05) is 0 Å². The predicted molar refractivity (Wildman–Crippen MR) is 60.5 cm³/mol. The van der Waals surface area contributed by atoms with Gasteiger partial charge in [0.15, 0.2) is 5.69 Å². The van der Waals surface area contributed by atoms with Crippen LogP contribution < -0.4 is 4.74 Å². The summed E-state index contributed by atoms with van der Waals surface area (Å²) < 4.78 is 5.28. The lowest BCUT2D eigenvalue weighted by Gasteiger charge is -2.03. The SMILES string of the molecule is O=C(O)c1ccnc(Oc2cccc(Cl)c2)n1. The van der Waals surface area contributed by atoms with Crippen LogP contribution in [0.2, 0.25) is 5.02 Å². The van der Waals surface area contributed by atoms with E-state index in [-0.39, 0.29) is 11.7 Å². The van der Waals surface area contributed by atoms with Crippen molar-refractivity contribution in [1.29, 1.82) is 0 Å². The fourth-order valence-corrected chi connectivity index (χ4v) is 1.33. The molecule has 0 aliphatic heterocycles. The zero-order chi connectivity index (χ0) is 12.3. The molecule has 0 atom stereocenters. The molecule has 2 rings (SSSR count). The molecule has 5 nitrogen and oxygen atoms in total. The maximum absolute atomic E-state index is 10.7. The Bertz CT molecular complexity index is 560. The Morgan fingerprint density at radius 1 is 1.35 bits per heavy atom. The molecule has 0 saturated carbocycles. The van der Waals surface area contributed by atoms with Crippen LogP contribution in [0.3, 0.4) is 0 Å². The van der Waals surface area contributed by atoms with E-state index in [2.05, 4.69) is 9.97 Å². The average Bonchev–Trinajstić information content (AvgIpc) is 2.29. The van der Waals surface area contributed by atoms with E-state index in [1.54, 1.807) is 24.3 Å². The van der Waals surface area contributed by atoms with Gasteiger partial charge in [-0.2, -0.15) is 4.98 Å². The third-order valence-electron chi connectivity index (χ3n) is 1.86. The summed E-state index contributed by atoms with van der Waals surface area (Å²) >= 11 is 5.78. The molecular formula is C11H7ClN2O3. The number of halogens is 1. The van der Waals surface area contributed by atoms with Gasteiger partial charge in [0.1, 0.15) is 5.75 Å². The van der Waals surface area contributed by atoms with Crippen molar-refractivity contribution < 1.29 is 14.6 Å². The van der Waals surface area contributed by atoms with Gasteiger partial charge < -0.3 is 9.84 Å². The number of carboxylic acids is 1. The van der Waals surface area contributed by atoms with Gasteiger partial charge >= 0.3 is 12.0 Å². The van der Waals surface area contributed by atoms with Gasteiger partial charge in [-0.05, 0) is 24.3 Å². The quantitative estimate of drug-likeness (QED) is 0.907. The van der Waals surface area contributed by atoms with E-state index >= 15 is 0 Å². The van der Waals surface area contributed by atoms with Crippen molar-refractivity contribution in [3.8, 4) is 11.8 Å².